The minimum Gasteiger partial charge on any atom is -0.478 e. The molecule has 0 saturated carbocycles. The molecule has 3 rings (SSSR count). The highest BCUT2D eigenvalue weighted by atomic mass is 16.4. The van der Waals surface area contributed by atoms with Gasteiger partial charge in [0.15, 0.2) is 0 Å². The third kappa shape index (κ3) is 2.38. The van der Waals surface area contributed by atoms with Gasteiger partial charge in [-0.3, -0.25) is 0 Å². The van der Waals surface area contributed by atoms with Gasteiger partial charge in [-0.1, -0.05) is 12.1 Å². The van der Waals surface area contributed by atoms with Crippen LogP contribution in [0.1, 0.15) is 21.7 Å². The zero-order valence-corrected chi connectivity index (χ0v) is 10.9. The maximum atomic E-state index is 11.0. The maximum Gasteiger partial charge on any atom is 0.335 e. The van der Waals surface area contributed by atoms with Crippen LogP contribution in [0.4, 0.5) is 0 Å². The molecule has 0 bridgehead atoms. The van der Waals surface area contributed by atoms with E-state index in [0.29, 0.717) is 12.1 Å². The van der Waals surface area contributed by atoms with Gasteiger partial charge in [0, 0.05) is 18.9 Å². The van der Waals surface area contributed by atoms with Crippen LogP contribution in [0.3, 0.4) is 0 Å². The van der Waals surface area contributed by atoms with E-state index >= 15 is 0 Å². The topological polar surface area (TPSA) is 68.0 Å². The molecule has 2 aliphatic heterocycles. The number of carboxylic acids is 1. The summed E-state index contributed by atoms with van der Waals surface area (Å²) in [6.07, 6.45) is 3.84. The molecule has 5 heteroatoms. The normalized spacial score (nSPS) is 10.8. The number of carbonyl (C=O) groups is 1. The third-order valence-electron chi connectivity index (χ3n) is 3.08. The molecule has 100 valence electrons. The first-order valence-corrected chi connectivity index (χ1v) is 6.24. The van der Waals surface area contributed by atoms with Crippen molar-refractivity contribution in [1.29, 1.82) is 0 Å². The van der Waals surface area contributed by atoms with Crippen LogP contribution in [0.5, 0.6) is 0 Å². The second-order valence-electron chi connectivity index (χ2n) is 4.66. The van der Waals surface area contributed by atoms with Gasteiger partial charge in [0.25, 0.3) is 0 Å². The van der Waals surface area contributed by atoms with Gasteiger partial charge < -0.3 is 9.67 Å². The van der Waals surface area contributed by atoms with E-state index in [-0.39, 0.29) is 0 Å². The molecule has 0 spiro atoms. The number of aromatic nitrogens is 3. The summed E-state index contributed by atoms with van der Waals surface area (Å²) in [7, 11) is 0. The molecular formula is C15H13N3O2. The molecule has 0 aromatic heterocycles. The first kappa shape index (κ1) is 12.3. The number of hydrogen-bond donors (Lipinski definition) is 1. The number of nitrogens with zero attached hydrogens (tertiary/aromatic N) is 3. The average molecular weight is 267 g/mol. The van der Waals surface area contributed by atoms with Crippen LogP contribution in [-0.2, 0) is 6.54 Å². The first-order valence-electron chi connectivity index (χ1n) is 6.24. The van der Waals surface area contributed by atoms with E-state index in [4.69, 9.17) is 5.11 Å². The minimum absolute atomic E-state index is 0.299. The van der Waals surface area contributed by atoms with Crippen molar-refractivity contribution in [2.75, 3.05) is 0 Å². The van der Waals surface area contributed by atoms with Crippen molar-refractivity contribution < 1.29 is 9.90 Å². The summed E-state index contributed by atoms with van der Waals surface area (Å²) in [5.41, 5.74) is 2.95. The monoisotopic (exact) mass is 267 g/mol. The molecule has 0 saturated heterocycles. The maximum absolute atomic E-state index is 11.0. The molecule has 5 nitrogen and oxygen atoms in total. The molecule has 0 fully saturated rings. The van der Waals surface area contributed by atoms with Crippen molar-refractivity contribution in [3.63, 3.8) is 0 Å². The van der Waals surface area contributed by atoms with Crippen molar-refractivity contribution in [3.05, 3.63) is 59.7 Å². The van der Waals surface area contributed by atoms with E-state index in [2.05, 4.69) is 9.97 Å². The highest BCUT2D eigenvalue weighted by Crippen LogP contribution is 2.18. The lowest BCUT2D eigenvalue weighted by Crippen LogP contribution is -2.03. The van der Waals surface area contributed by atoms with Crippen LogP contribution in [-0.4, -0.2) is 25.6 Å². The summed E-state index contributed by atoms with van der Waals surface area (Å²) >= 11 is 0. The number of benzene rings is 1. The zero-order chi connectivity index (χ0) is 14.1. The number of fused-ring (bicyclic) bond motifs is 1. The Morgan fingerprint density at radius 2 is 2.05 bits per heavy atom. The summed E-state index contributed by atoms with van der Waals surface area (Å²) in [5, 5.41) is 8.99. The van der Waals surface area contributed by atoms with Crippen molar-refractivity contribution in [2.24, 2.45) is 0 Å². The van der Waals surface area contributed by atoms with Gasteiger partial charge in [0.05, 0.1) is 11.3 Å². The van der Waals surface area contributed by atoms with Gasteiger partial charge in [-0.15, -0.1) is 0 Å². The van der Waals surface area contributed by atoms with Crippen LogP contribution < -0.4 is 0 Å². The number of carboxylic acid groups (broad SMARTS) is 1. The fraction of sp³-hybridized carbons (Fsp3) is 0.133. The number of rotatable bonds is 3. The molecule has 0 aliphatic carbocycles. The largest absolute Gasteiger partial charge is 0.478 e. The van der Waals surface area contributed by atoms with Crippen LogP contribution in [0, 0.1) is 6.92 Å². The predicted molar refractivity (Wildman–Crippen MR) is 73.9 cm³/mol. The summed E-state index contributed by atoms with van der Waals surface area (Å²) in [6.45, 7) is 2.46. The Bertz CT molecular complexity index is 749. The van der Waals surface area contributed by atoms with Crippen molar-refractivity contribution in [3.8, 4) is 11.4 Å². The third-order valence-corrected chi connectivity index (χ3v) is 3.08. The highest BCUT2D eigenvalue weighted by Gasteiger charge is 2.09. The number of imidazole rings is 1. The molecule has 2 heterocycles. The van der Waals surface area contributed by atoms with Crippen LogP contribution in [0.25, 0.3) is 11.4 Å². The number of aromatic carboxylic acids is 1. The molecule has 2 aliphatic rings. The SMILES string of the molecule is Cc1nc2ccn(Cc3cccc(C(=O)O)c3)cc-2n1. The fourth-order valence-electron chi connectivity index (χ4n) is 2.18. The molecule has 0 atom stereocenters. The molecule has 0 radical (unpaired) electrons. The minimum atomic E-state index is -0.912. The summed E-state index contributed by atoms with van der Waals surface area (Å²) in [4.78, 5) is 19.6. The van der Waals surface area contributed by atoms with E-state index in [1.54, 1.807) is 18.2 Å². The smallest absolute Gasteiger partial charge is 0.335 e. The Morgan fingerprint density at radius 3 is 2.85 bits per heavy atom. The van der Waals surface area contributed by atoms with E-state index in [0.717, 1.165) is 22.8 Å². The average Bonchev–Trinajstić information content (AvgIpc) is 2.78. The number of hydrogen-bond acceptors (Lipinski definition) is 3. The van der Waals surface area contributed by atoms with Gasteiger partial charge in [-0.05, 0) is 30.7 Å². The van der Waals surface area contributed by atoms with E-state index in [1.165, 1.54) is 0 Å². The van der Waals surface area contributed by atoms with Gasteiger partial charge in [-0.2, -0.15) is 0 Å². The van der Waals surface area contributed by atoms with Gasteiger partial charge in [0.2, 0.25) is 0 Å². The first-order chi connectivity index (χ1) is 9.61. The van der Waals surface area contributed by atoms with Gasteiger partial charge >= 0.3 is 5.97 Å². The van der Waals surface area contributed by atoms with E-state index in [9.17, 15) is 4.79 Å². The van der Waals surface area contributed by atoms with Gasteiger partial charge in [0.1, 0.15) is 11.5 Å². The molecule has 0 amide bonds. The second kappa shape index (κ2) is 4.77. The molecule has 1 N–H and O–H groups in total. The Balaban J connectivity index is 1.91. The number of pyridine rings is 1. The molecule has 1 aromatic rings. The van der Waals surface area contributed by atoms with Crippen molar-refractivity contribution in [2.45, 2.75) is 13.5 Å². The lowest BCUT2D eigenvalue weighted by molar-refractivity contribution is 0.0696. The standard InChI is InChI=1S/C15H13N3O2/c1-10-16-13-5-6-18(9-14(13)17-10)8-11-3-2-4-12(7-11)15(19)20/h2-7,9H,8H2,1H3,(H,19,20). The fourth-order valence-corrected chi connectivity index (χ4v) is 2.18. The molecule has 20 heavy (non-hydrogen) atoms. The summed E-state index contributed by atoms with van der Waals surface area (Å²) < 4.78 is 1.97. The van der Waals surface area contributed by atoms with Crippen molar-refractivity contribution >= 4 is 5.97 Å². The van der Waals surface area contributed by atoms with E-state index in [1.807, 2.05) is 36.0 Å². The Kier molecular flexibility index (Phi) is 2.95. The summed E-state index contributed by atoms with van der Waals surface area (Å²) in [5.74, 6) is -0.157. The lowest BCUT2D eigenvalue weighted by atomic mass is 10.1. The molecule has 1 aromatic carbocycles. The lowest BCUT2D eigenvalue weighted by Gasteiger charge is -2.08. The zero-order valence-electron chi connectivity index (χ0n) is 10.9. The van der Waals surface area contributed by atoms with Crippen LogP contribution in [0.15, 0.2) is 42.7 Å². The van der Waals surface area contributed by atoms with Crippen LogP contribution in [0.2, 0.25) is 0 Å². The van der Waals surface area contributed by atoms with Gasteiger partial charge in [-0.25, -0.2) is 14.8 Å². The molecule has 0 unspecified atom stereocenters. The molecular weight excluding hydrogens is 254 g/mol. The van der Waals surface area contributed by atoms with Crippen molar-refractivity contribution in [1.82, 2.24) is 14.5 Å². The Hall–Kier alpha value is -2.69. The predicted octanol–water partition coefficient (Wildman–Crippen LogP) is 2.44. The Labute approximate surface area is 115 Å². The quantitative estimate of drug-likeness (QED) is 0.791. The van der Waals surface area contributed by atoms with E-state index < -0.39 is 5.97 Å². The highest BCUT2D eigenvalue weighted by molar-refractivity contribution is 5.87. The Morgan fingerprint density at radius 1 is 1.25 bits per heavy atom. The second-order valence-corrected chi connectivity index (χ2v) is 4.66. The summed E-state index contributed by atoms with van der Waals surface area (Å²) in [6, 6.07) is 8.85. The van der Waals surface area contributed by atoms with Crippen LogP contribution >= 0.6 is 0 Å². The number of aryl methyl sites for hydroxylation is 1.